The van der Waals surface area contributed by atoms with E-state index >= 15 is 0 Å². The Hall–Kier alpha value is -2.97. The Morgan fingerprint density at radius 3 is 2.47 bits per heavy atom. The van der Waals surface area contributed by atoms with E-state index in [2.05, 4.69) is 5.32 Å². The van der Waals surface area contributed by atoms with Crippen LogP contribution < -0.4 is 10.1 Å². The zero-order valence-electron chi connectivity index (χ0n) is 17.9. The van der Waals surface area contributed by atoms with Gasteiger partial charge in [-0.3, -0.25) is 9.69 Å². The number of rotatable bonds is 6. The van der Waals surface area contributed by atoms with Gasteiger partial charge in [0, 0.05) is 13.1 Å². The highest BCUT2D eigenvalue weighted by molar-refractivity contribution is 5.92. The lowest BCUT2D eigenvalue weighted by Gasteiger charge is -2.35. The second-order valence-electron chi connectivity index (χ2n) is 8.45. The van der Waals surface area contributed by atoms with Crippen LogP contribution >= 0.6 is 0 Å². The van der Waals surface area contributed by atoms with Crippen LogP contribution in [-0.2, 0) is 9.53 Å². The molecule has 2 aromatic rings. The van der Waals surface area contributed by atoms with E-state index in [1.165, 1.54) is 19.2 Å². The number of methoxy groups -OCH3 is 1. The van der Waals surface area contributed by atoms with Crippen molar-refractivity contribution in [2.75, 3.05) is 32.1 Å². The molecular formula is C24H27FN2O5. The van der Waals surface area contributed by atoms with Gasteiger partial charge in [0.1, 0.15) is 17.7 Å². The van der Waals surface area contributed by atoms with Crippen molar-refractivity contribution in [2.24, 2.45) is 11.8 Å². The SMILES string of the molecule is COC(=O)c1ccc(O[C@H]2C[C@@H]3CN(CC(=O)Nc4ccccc4F)C[C@@H]3C[C@@H]2O)cc1. The molecule has 1 heterocycles. The fourth-order valence-electron chi connectivity index (χ4n) is 4.66. The van der Waals surface area contributed by atoms with Crippen molar-refractivity contribution in [2.45, 2.75) is 25.0 Å². The highest BCUT2D eigenvalue weighted by Crippen LogP contribution is 2.38. The van der Waals surface area contributed by atoms with Gasteiger partial charge in [0.15, 0.2) is 0 Å². The molecule has 2 aromatic carbocycles. The van der Waals surface area contributed by atoms with Gasteiger partial charge < -0.3 is 19.9 Å². The molecule has 1 saturated heterocycles. The van der Waals surface area contributed by atoms with E-state index in [-0.39, 0.29) is 30.2 Å². The number of likely N-dealkylation sites (tertiary alicyclic amines) is 1. The summed E-state index contributed by atoms with van der Waals surface area (Å²) in [6.45, 7) is 1.62. The number of benzene rings is 2. The summed E-state index contributed by atoms with van der Waals surface area (Å²) in [5.74, 6) is 0.0414. The second-order valence-corrected chi connectivity index (χ2v) is 8.45. The van der Waals surface area contributed by atoms with Gasteiger partial charge in [-0.05, 0) is 61.1 Å². The number of amides is 1. The van der Waals surface area contributed by atoms with E-state index in [0.717, 1.165) is 6.54 Å². The fraction of sp³-hybridized carbons (Fsp3) is 0.417. The predicted octanol–water partition coefficient (Wildman–Crippen LogP) is 2.70. The van der Waals surface area contributed by atoms with Crippen LogP contribution in [-0.4, -0.2) is 60.8 Å². The van der Waals surface area contributed by atoms with Crippen molar-refractivity contribution in [3.05, 3.63) is 59.9 Å². The van der Waals surface area contributed by atoms with Crippen LogP contribution in [0.2, 0.25) is 0 Å². The first kappa shape index (κ1) is 22.2. The van der Waals surface area contributed by atoms with Crippen molar-refractivity contribution in [3.63, 3.8) is 0 Å². The van der Waals surface area contributed by atoms with Crippen LogP contribution in [0.4, 0.5) is 10.1 Å². The molecule has 1 saturated carbocycles. The Morgan fingerprint density at radius 2 is 1.78 bits per heavy atom. The molecule has 1 amide bonds. The summed E-state index contributed by atoms with van der Waals surface area (Å²) >= 11 is 0. The Morgan fingerprint density at radius 1 is 1.09 bits per heavy atom. The smallest absolute Gasteiger partial charge is 0.337 e. The molecule has 0 aromatic heterocycles. The molecule has 1 aliphatic heterocycles. The molecular weight excluding hydrogens is 415 g/mol. The number of halogens is 1. The number of fused-ring (bicyclic) bond motifs is 1. The van der Waals surface area contributed by atoms with Crippen LogP contribution in [0.1, 0.15) is 23.2 Å². The molecule has 2 aliphatic rings. The Kier molecular flexibility index (Phi) is 6.72. The van der Waals surface area contributed by atoms with E-state index < -0.39 is 17.9 Å². The minimum absolute atomic E-state index is 0.177. The number of hydrogen-bond donors (Lipinski definition) is 2. The number of esters is 1. The van der Waals surface area contributed by atoms with Gasteiger partial charge in [0.25, 0.3) is 0 Å². The lowest BCUT2D eigenvalue weighted by atomic mass is 9.78. The highest BCUT2D eigenvalue weighted by atomic mass is 19.1. The quantitative estimate of drug-likeness (QED) is 0.669. The number of nitrogens with one attached hydrogen (secondary N) is 1. The van der Waals surface area contributed by atoms with E-state index in [4.69, 9.17) is 9.47 Å². The first-order valence-corrected chi connectivity index (χ1v) is 10.7. The summed E-state index contributed by atoms with van der Waals surface area (Å²) < 4.78 is 24.5. The maximum Gasteiger partial charge on any atom is 0.337 e. The van der Waals surface area contributed by atoms with Crippen molar-refractivity contribution in [1.29, 1.82) is 0 Å². The number of anilines is 1. The summed E-state index contributed by atoms with van der Waals surface area (Å²) in [6.07, 6.45) is 0.313. The molecule has 8 heteroatoms. The third-order valence-electron chi connectivity index (χ3n) is 6.24. The average Bonchev–Trinajstić information content (AvgIpc) is 3.16. The van der Waals surface area contributed by atoms with Gasteiger partial charge >= 0.3 is 5.97 Å². The van der Waals surface area contributed by atoms with Gasteiger partial charge in [-0.15, -0.1) is 0 Å². The van der Waals surface area contributed by atoms with Gasteiger partial charge in [0.05, 0.1) is 31.0 Å². The first-order valence-electron chi connectivity index (χ1n) is 10.7. The zero-order chi connectivity index (χ0) is 22.7. The van der Waals surface area contributed by atoms with Gasteiger partial charge in [-0.2, -0.15) is 0 Å². The molecule has 1 aliphatic carbocycles. The number of nitrogens with zero attached hydrogens (tertiary/aromatic N) is 1. The van der Waals surface area contributed by atoms with Gasteiger partial charge in [0.2, 0.25) is 5.91 Å². The normalized spacial score (nSPS) is 25.1. The first-order chi connectivity index (χ1) is 15.4. The summed E-state index contributed by atoms with van der Waals surface area (Å²) in [6, 6.07) is 12.7. The molecule has 7 nitrogen and oxygen atoms in total. The summed E-state index contributed by atoms with van der Waals surface area (Å²) in [7, 11) is 1.33. The largest absolute Gasteiger partial charge is 0.488 e. The van der Waals surface area contributed by atoms with E-state index in [0.29, 0.717) is 36.6 Å². The Bertz CT molecular complexity index is 967. The third kappa shape index (κ3) is 5.08. The molecule has 4 atom stereocenters. The maximum absolute atomic E-state index is 13.8. The maximum atomic E-state index is 13.8. The molecule has 4 rings (SSSR count). The van der Waals surface area contributed by atoms with Crippen LogP contribution in [0.15, 0.2) is 48.5 Å². The number of aliphatic hydroxyl groups excluding tert-OH is 1. The average molecular weight is 442 g/mol. The molecule has 2 fully saturated rings. The predicted molar refractivity (Wildman–Crippen MR) is 116 cm³/mol. The molecule has 0 spiro atoms. The Balaban J connectivity index is 1.31. The standard InChI is InChI=1S/C24H27FN2O5/c1-31-24(30)15-6-8-18(9-7-15)32-22-11-17-13-27(12-16(17)10-21(22)28)14-23(29)26-20-5-3-2-4-19(20)25/h2-9,16-17,21-22,28H,10-14H2,1H3,(H,26,29)/t16-,17+,21-,22-/m0/s1. The van der Waals surface area contributed by atoms with Crippen molar-refractivity contribution in [1.82, 2.24) is 4.90 Å². The zero-order valence-corrected chi connectivity index (χ0v) is 17.9. The van der Waals surface area contributed by atoms with Crippen LogP contribution in [0, 0.1) is 17.7 Å². The summed E-state index contributed by atoms with van der Waals surface area (Å²) in [5.41, 5.74) is 0.611. The molecule has 0 bridgehead atoms. The van der Waals surface area contributed by atoms with Crippen molar-refractivity contribution < 1.29 is 28.6 Å². The number of aliphatic hydroxyl groups is 1. The van der Waals surface area contributed by atoms with Crippen LogP contribution in [0.25, 0.3) is 0 Å². The molecule has 32 heavy (non-hydrogen) atoms. The van der Waals surface area contributed by atoms with Crippen molar-refractivity contribution >= 4 is 17.6 Å². The number of ether oxygens (including phenoxy) is 2. The number of para-hydroxylation sites is 1. The minimum atomic E-state index is -0.608. The number of hydrogen-bond acceptors (Lipinski definition) is 6. The highest BCUT2D eigenvalue weighted by Gasteiger charge is 2.43. The molecule has 170 valence electrons. The Labute approximate surface area is 186 Å². The molecule has 0 unspecified atom stereocenters. The van der Waals surface area contributed by atoms with E-state index in [1.54, 1.807) is 36.4 Å². The minimum Gasteiger partial charge on any atom is -0.488 e. The molecule has 0 radical (unpaired) electrons. The van der Waals surface area contributed by atoms with E-state index in [9.17, 15) is 19.1 Å². The summed E-state index contributed by atoms with van der Waals surface area (Å²) in [4.78, 5) is 26.0. The molecule has 2 N–H and O–H groups in total. The van der Waals surface area contributed by atoms with Gasteiger partial charge in [-0.25, -0.2) is 9.18 Å². The summed E-state index contributed by atoms with van der Waals surface area (Å²) in [5, 5.41) is 13.2. The topological polar surface area (TPSA) is 88.1 Å². The lowest BCUT2D eigenvalue weighted by Crippen LogP contribution is -2.42. The fourth-order valence-corrected chi connectivity index (χ4v) is 4.66. The van der Waals surface area contributed by atoms with Crippen molar-refractivity contribution in [3.8, 4) is 5.75 Å². The third-order valence-corrected chi connectivity index (χ3v) is 6.24. The van der Waals surface area contributed by atoms with Crippen LogP contribution in [0.3, 0.4) is 0 Å². The second kappa shape index (κ2) is 9.67. The lowest BCUT2D eigenvalue weighted by molar-refractivity contribution is -0.117. The van der Waals surface area contributed by atoms with Crippen LogP contribution in [0.5, 0.6) is 5.75 Å². The number of carbonyl (C=O) groups is 2. The van der Waals surface area contributed by atoms with E-state index in [1.807, 2.05) is 4.90 Å². The monoisotopic (exact) mass is 442 g/mol. The van der Waals surface area contributed by atoms with Gasteiger partial charge in [-0.1, -0.05) is 12.1 Å². The number of carbonyl (C=O) groups excluding carboxylic acids is 2.